The standard InChI is InChI=1S/C20H23NO4S/c1-4-6-17-14(5-2)11-18(26-17)20(24)25-12-19(23)21-16-9-7-15(8-10-16)13(3)22/h7-11H,4-6,12H2,1-3H3,(H,21,23). The minimum absolute atomic E-state index is 0.0401. The van der Waals surface area contributed by atoms with E-state index in [9.17, 15) is 14.4 Å². The Hall–Kier alpha value is -2.47. The molecule has 138 valence electrons. The van der Waals surface area contributed by atoms with Crippen LogP contribution in [0.3, 0.4) is 0 Å². The largest absolute Gasteiger partial charge is 0.451 e. The highest BCUT2D eigenvalue weighted by Crippen LogP contribution is 2.25. The minimum Gasteiger partial charge on any atom is -0.451 e. The summed E-state index contributed by atoms with van der Waals surface area (Å²) in [6.07, 6.45) is 2.83. The van der Waals surface area contributed by atoms with Crippen molar-refractivity contribution in [3.8, 4) is 0 Å². The average molecular weight is 373 g/mol. The fourth-order valence-electron chi connectivity index (χ4n) is 2.49. The third kappa shape index (κ3) is 5.26. The summed E-state index contributed by atoms with van der Waals surface area (Å²) in [6.45, 7) is 5.29. The molecular weight excluding hydrogens is 350 g/mol. The van der Waals surface area contributed by atoms with Crippen LogP contribution in [0.5, 0.6) is 0 Å². The molecule has 1 amide bonds. The monoisotopic (exact) mass is 373 g/mol. The van der Waals surface area contributed by atoms with Crippen LogP contribution in [0.1, 0.15) is 57.7 Å². The first kappa shape index (κ1) is 19.8. The number of carbonyl (C=O) groups excluding carboxylic acids is 3. The second kappa shape index (κ2) is 9.29. The number of hydrogen-bond donors (Lipinski definition) is 1. The first-order valence-electron chi connectivity index (χ1n) is 8.64. The molecule has 0 aliphatic carbocycles. The van der Waals surface area contributed by atoms with Gasteiger partial charge in [-0.1, -0.05) is 20.3 Å². The Labute approximate surface area is 157 Å². The van der Waals surface area contributed by atoms with Gasteiger partial charge in [0, 0.05) is 16.1 Å². The molecule has 2 aromatic rings. The number of ketones is 1. The zero-order valence-electron chi connectivity index (χ0n) is 15.3. The molecule has 0 fully saturated rings. The molecule has 0 atom stereocenters. The lowest BCUT2D eigenvalue weighted by Gasteiger charge is -2.06. The highest BCUT2D eigenvalue weighted by atomic mass is 32.1. The molecule has 1 aromatic heterocycles. The van der Waals surface area contributed by atoms with Crippen LogP contribution in [0.15, 0.2) is 30.3 Å². The smallest absolute Gasteiger partial charge is 0.348 e. The van der Waals surface area contributed by atoms with E-state index >= 15 is 0 Å². The van der Waals surface area contributed by atoms with E-state index in [1.54, 1.807) is 24.3 Å². The van der Waals surface area contributed by atoms with Crippen LogP contribution in [0.25, 0.3) is 0 Å². The fraction of sp³-hybridized carbons (Fsp3) is 0.350. The number of hydrogen-bond acceptors (Lipinski definition) is 5. The fourth-order valence-corrected chi connectivity index (χ4v) is 3.74. The zero-order valence-corrected chi connectivity index (χ0v) is 16.1. The van der Waals surface area contributed by atoms with Gasteiger partial charge in [-0.15, -0.1) is 11.3 Å². The Morgan fingerprint density at radius 3 is 2.38 bits per heavy atom. The van der Waals surface area contributed by atoms with Crippen LogP contribution in [-0.2, 0) is 22.4 Å². The molecule has 1 heterocycles. The molecule has 1 N–H and O–H groups in total. The molecule has 0 bridgehead atoms. The van der Waals surface area contributed by atoms with Gasteiger partial charge in [-0.2, -0.15) is 0 Å². The highest BCUT2D eigenvalue weighted by molar-refractivity contribution is 7.14. The summed E-state index contributed by atoms with van der Waals surface area (Å²) in [5.74, 6) is -0.939. The summed E-state index contributed by atoms with van der Waals surface area (Å²) < 4.78 is 5.12. The van der Waals surface area contributed by atoms with E-state index in [1.165, 1.54) is 28.7 Å². The number of carbonyl (C=O) groups is 3. The first-order chi connectivity index (χ1) is 12.4. The molecule has 2 rings (SSSR count). The number of ether oxygens (including phenoxy) is 1. The van der Waals surface area contributed by atoms with E-state index in [0.29, 0.717) is 16.1 Å². The molecule has 0 unspecified atom stereocenters. The molecular formula is C20H23NO4S. The van der Waals surface area contributed by atoms with Gasteiger partial charge in [0.15, 0.2) is 12.4 Å². The number of esters is 1. The lowest BCUT2D eigenvalue weighted by Crippen LogP contribution is -2.20. The molecule has 0 aliphatic rings. The number of amides is 1. The van der Waals surface area contributed by atoms with Crippen LogP contribution in [0.2, 0.25) is 0 Å². The van der Waals surface area contributed by atoms with E-state index in [-0.39, 0.29) is 12.4 Å². The number of rotatable bonds is 8. The third-order valence-electron chi connectivity index (χ3n) is 3.87. The van der Waals surface area contributed by atoms with Gasteiger partial charge < -0.3 is 10.1 Å². The maximum atomic E-state index is 12.2. The predicted molar refractivity (Wildman–Crippen MR) is 103 cm³/mol. The first-order valence-corrected chi connectivity index (χ1v) is 9.45. The van der Waals surface area contributed by atoms with Gasteiger partial charge in [-0.25, -0.2) is 4.79 Å². The lowest BCUT2D eigenvalue weighted by molar-refractivity contribution is -0.119. The van der Waals surface area contributed by atoms with E-state index in [0.717, 1.165) is 19.3 Å². The molecule has 0 radical (unpaired) electrons. The Morgan fingerprint density at radius 2 is 1.81 bits per heavy atom. The SMILES string of the molecule is CCCc1sc(C(=O)OCC(=O)Nc2ccc(C(C)=O)cc2)cc1CC. The van der Waals surface area contributed by atoms with Crippen LogP contribution in [-0.4, -0.2) is 24.3 Å². The van der Waals surface area contributed by atoms with Crippen LogP contribution in [0.4, 0.5) is 5.69 Å². The molecule has 0 saturated carbocycles. The van der Waals surface area contributed by atoms with Gasteiger partial charge in [0.05, 0.1) is 0 Å². The molecule has 0 saturated heterocycles. The van der Waals surface area contributed by atoms with Gasteiger partial charge in [0.2, 0.25) is 0 Å². The number of thiophene rings is 1. The summed E-state index contributed by atoms with van der Waals surface area (Å²) >= 11 is 1.44. The Balaban J connectivity index is 1.90. The summed E-state index contributed by atoms with van der Waals surface area (Å²) in [7, 11) is 0. The number of Topliss-reactive ketones (excluding diaryl/α,β-unsaturated/α-hetero) is 1. The van der Waals surface area contributed by atoms with Crippen molar-refractivity contribution in [2.75, 3.05) is 11.9 Å². The summed E-state index contributed by atoms with van der Waals surface area (Å²) in [5, 5.41) is 2.64. The van der Waals surface area contributed by atoms with Crippen LogP contribution < -0.4 is 5.32 Å². The van der Waals surface area contributed by atoms with Gasteiger partial charge in [0.1, 0.15) is 4.88 Å². The van der Waals surface area contributed by atoms with Crippen molar-refractivity contribution in [2.24, 2.45) is 0 Å². The second-order valence-corrected chi connectivity index (χ2v) is 7.06. The molecule has 6 heteroatoms. The van der Waals surface area contributed by atoms with E-state index < -0.39 is 11.9 Å². The second-order valence-electron chi connectivity index (χ2n) is 5.92. The maximum Gasteiger partial charge on any atom is 0.348 e. The number of nitrogens with one attached hydrogen (secondary N) is 1. The lowest BCUT2D eigenvalue weighted by atomic mass is 10.1. The van der Waals surface area contributed by atoms with Crippen molar-refractivity contribution in [1.29, 1.82) is 0 Å². The van der Waals surface area contributed by atoms with Crippen molar-refractivity contribution in [2.45, 2.75) is 40.0 Å². The van der Waals surface area contributed by atoms with Crippen LogP contribution in [0, 0.1) is 0 Å². The van der Waals surface area contributed by atoms with Gasteiger partial charge in [-0.3, -0.25) is 9.59 Å². The van der Waals surface area contributed by atoms with Crippen molar-refractivity contribution in [3.05, 3.63) is 51.2 Å². The molecule has 26 heavy (non-hydrogen) atoms. The Bertz CT molecular complexity index is 793. The minimum atomic E-state index is -0.478. The van der Waals surface area contributed by atoms with E-state index in [2.05, 4.69) is 19.2 Å². The molecule has 0 spiro atoms. The number of aryl methyl sites for hydroxylation is 2. The average Bonchev–Trinajstić information content (AvgIpc) is 3.03. The third-order valence-corrected chi connectivity index (χ3v) is 5.08. The normalized spacial score (nSPS) is 10.4. The van der Waals surface area contributed by atoms with Crippen molar-refractivity contribution in [3.63, 3.8) is 0 Å². The predicted octanol–water partition coefficient (Wildman–Crippen LogP) is 4.26. The molecule has 0 aliphatic heterocycles. The summed E-state index contributed by atoms with van der Waals surface area (Å²) in [5.41, 5.74) is 2.28. The molecule has 5 nitrogen and oxygen atoms in total. The van der Waals surface area contributed by atoms with E-state index in [4.69, 9.17) is 4.74 Å². The summed E-state index contributed by atoms with van der Waals surface area (Å²) in [4.78, 5) is 37.1. The van der Waals surface area contributed by atoms with Crippen molar-refractivity contribution in [1.82, 2.24) is 0 Å². The number of anilines is 1. The van der Waals surface area contributed by atoms with Crippen molar-refractivity contribution < 1.29 is 19.1 Å². The quantitative estimate of drug-likeness (QED) is 0.554. The Kier molecular flexibility index (Phi) is 7.09. The highest BCUT2D eigenvalue weighted by Gasteiger charge is 2.16. The number of benzene rings is 1. The molecule has 1 aromatic carbocycles. The van der Waals surface area contributed by atoms with Crippen LogP contribution >= 0.6 is 11.3 Å². The van der Waals surface area contributed by atoms with Gasteiger partial charge in [0.25, 0.3) is 5.91 Å². The van der Waals surface area contributed by atoms with Gasteiger partial charge in [-0.05, 0) is 55.7 Å². The van der Waals surface area contributed by atoms with E-state index in [1.807, 2.05) is 6.07 Å². The van der Waals surface area contributed by atoms with Crippen molar-refractivity contribution >= 4 is 34.7 Å². The Morgan fingerprint density at radius 1 is 1.12 bits per heavy atom. The maximum absolute atomic E-state index is 12.2. The zero-order chi connectivity index (χ0) is 19.1. The summed E-state index contributed by atoms with van der Waals surface area (Å²) in [6, 6.07) is 8.41. The topological polar surface area (TPSA) is 72.5 Å². The van der Waals surface area contributed by atoms with Gasteiger partial charge >= 0.3 is 5.97 Å².